The molecule has 0 saturated carbocycles. The number of terminal acetylenes is 1. The Hall–Kier alpha value is -1.10. The molecule has 2 nitrogen and oxygen atoms in total. The third kappa shape index (κ3) is 1.51. The minimum Gasteiger partial charge on any atom is -0.400 e. The molecular formula is C13H22N2. The highest BCUT2D eigenvalue weighted by molar-refractivity contribution is 5.30. The molecule has 1 heterocycles. The first kappa shape index (κ1) is 12.0. The van der Waals surface area contributed by atoms with E-state index >= 15 is 0 Å². The fraction of sp³-hybridized carbons (Fsp3) is 0.692. The van der Waals surface area contributed by atoms with Gasteiger partial charge in [-0.15, -0.1) is 6.42 Å². The van der Waals surface area contributed by atoms with E-state index in [4.69, 9.17) is 12.2 Å². The highest BCUT2D eigenvalue weighted by Gasteiger charge is 2.48. The molecule has 0 saturated heterocycles. The molecule has 0 spiro atoms. The summed E-state index contributed by atoms with van der Waals surface area (Å²) >= 11 is 0. The summed E-state index contributed by atoms with van der Waals surface area (Å²) in [7, 11) is 0. The Morgan fingerprint density at radius 1 is 1.47 bits per heavy atom. The maximum atomic E-state index is 6.13. The number of rotatable bonds is 1. The summed E-state index contributed by atoms with van der Waals surface area (Å²) in [6, 6.07) is 0. The molecule has 0 radical (unpaired) electrons. The zero-order valence-corrected chi connectivity index (χ0v) is 10.4. The summed E-state index contributed by atoms with van der Waals surface area (Å²) in [4.78, 5) is 0. The lowest BCUT2D eigenvalue weighted by atomic mass is 9.62. The van der Waals surface area contributed by atoms with E-state index in [2.05, 4.69) is 45.9 Å². The number of allylic oxidation sites excluding steroid dienone is 2. The van der Waals surface area contributed by atoms with Crippen molar-refractivity contribution in [3.8, 4) is 12.3 Å². The van der Waals surface area contributed by atoms with Gasteiger partial charge in [-0.1, -0.05) is 19.8 Å². The van der Waals surface area contributed by atoms with Gasteiger partial charge in [-0.05, 0) is 27.2 Å². The van der Waals surface area contributed by atoms with Crippen molar-refractivity contribution >= 4 is 0 Å². The molecule has 0 aliphatic carbocycles. The smallest absolute Gasteiger partial charge is 0.0587 e. The van der Waals surface area contributed by atoms with E-state index in [-0.39, 0.29) is 16.9 Å². The zero-order chi connectivity index (χ0) is 11.9. The Morgan fingerprint density at radius 2 is 2.00 bits per heavy atom. The standard InChI is InChI=1S/C13H22N2/c1-7-10-11(14)9(3)13(6,8-2)12(4,5)15-10/h2,9,15H,7,14H2,1,3-6H3. The van der Waals surface area contributed by atoms with Gasteiger partial charge in [-0.25, -0.2) is 0 Å². The Balaban J connectivity index is 3.28. The third-order valence-corrected chi connectivity index (χ3v) is 4.10. The normalized spacial score (nSPS) is 34.5. The van der Waals surface area contributed by atoms with Crippen LogP contribution in [0.15, 0.2) is 11.4 Å². The topological polar surface area (TPSA) is 38.0 Å². The molecule has 1 aliphatic heterocycles. The number of nitrogens with two attached hydrogens (primary N) is 1. The quantitative estimate of drug-likeness (QED) is 0.646. The van der Waals surface area contributed by atoms with Crippen molar-refractivity contribution in [3.05, 3.63) is 11.4 Å². The van der Waals surface area contributed by atoms with Gasteiger partial charge in [-0.3, -0.25) is 0 Å². The minimum atomic E-state index is -0.240. The number of hydrogen-bond donors (Lipinski definition) is 2. The summed E-state index contributed by atoms with van der Waals surface area (Å²) in [6.45, 7) is 10.6. The highest BCUT2D eigenvalue weighted by Crippen LogP contribution is 2.44. The molecule has 84 valence electrons. The van der Waals surface area contributed by atoms with Gasteiger partial charge in [0, 0.05) is 22.9 Å². The van der Waals surface area contributed by atoms with Gasteiger partial charge in [0.15, 0.2) is 0 Å². The SMILES string of the molecule is C#CC1(C)C(C)C(N)=C(CC)NC1(C)C. The maximum Gasteiger partial charge on any atom is 0.0587 e. The summed E-state index contributed by atoms with van der Waals surface area (Å²) < 4.78 is 0. The molecule has 1 aliphatic rings. The molecule has 1 rings (SSSR count). The number of nitrogens with one attached hydrogen (secondary N) is 1. The van der Waals surface area contributed by atoms with Crippen molar-refractivity contribution in [2.45, 2.75) is 46.6 Å². The Morgan fingerprint density at radius 3 is 2.40 bits per heavy atom. The molecule has 3 N–H and O–H groups in total. The molecular weight excluding hydrogens is 184 g/mol. The molecule has 0 amide bonds. The number of hydrogen-bond acceptors (Lipinski definition) is 2. The van der Waals surface area contributed by atoms with E-state index < -0.39 is 0 Å². The summed E-state index contributed by atoms with van der Waals surface area (Å²) in [5.74, 6) is 3.14. The van der Waals surface area contributed by atoms with E-state index in [0.29, 0.717) is 0 Å². The van der Waals surface area contributed by atoms with Crippen LogP contribution in [0.25, 0.3) is 0 Å². The van der Waals surface area contributed by atoms with Gasteiger partial charge < -0.3 is 11.1 Å². The van der Waals surface area contributed by atoms with Gasteiger partial charge in [0.05, 0.1) is 5.41 Å². The third-order valence-electron chi connectivity index (χ3n) is 4.10. The molecule has 2 unspecified atom stereocenters. The van der Waals surface area contributed by atoms with Gasteiger partial charge >= 0.3 is 0 Å². The lowest BCUT2D eigenvalue weighted by Crippen LogP contribution is -2.59. The van der Waals surface area contributed by atoms with E-state index in [1.54, 1.807) is 0 Å². The fourth-order valence-corrected chi connectivity index (χ4v) is 2.29. The molecule has 2 atom stereocenters. The van der Waals surface area contributed by atoms with Gasteiger partial charge in [-0.2, -0.15) is 0 Å². The predicted molar refractivity (Wildman–Crippen MR) is 64.8 cm³/mol. The van der Waals surface area contributed by atoms with Crippen LogP contribution >= 0.6 is 0 Å². The first-order valence-corrected chi connectivity index (χ1v) is 5.54. The van der Waals surface area contributed by atoms with Crippen molar-refractivity contribution in [1.29, 1.82) is 0 Å². The van der Waals surface area contributed by atoms with E-state index in [9.17, 15) is 0 Å². The second kappa shape index (κ2) is 3.48. The average Bonchev–Trinajstić information content (AvgIpc) is 2.20. The van der Waals surface area contributed by atoms with Crippen molar-refractivity contribution in [3.63, 3.8) is 0 Å². The summed E-state index contributed by atoms with van der Waals surface area (Å²) in [5.41, 5.74) is 7.82. The Kier molecular flexibility index (Phi) is 2.78. The van der Waals surface area contributed by atoms with Crippen molar-refractivity contribution in [2.75, 3.05) is 0 Å². The van der Waals surface area contributed by atoms with Crippen LogP contribution in [0.3, 0.4) is 0 Å². The van der Waals surface area contributed by atoms with Crippen molar-refractivity contribution in [2.24, 2.45) is 17.1 Å². The van der Waals surface area contributed by atoms with E-state index in [0.717, 1.165) is 17.8 Å². The van der Waals surface area contributed by atoms with Crippen molar-refractivity contribution in [1.82, 2.24) is 5.32 Å². The Labute approximate surface area is 93.3 Å². The van der Waals surface area contributed by atoms with E-state index in [1.165, 1.54) is 0 Å². The van der Waals surface area contributed by atoms with Gasteiger partial charge in [0.1, 0.15) is 0 Å². The minimum absolute atomic E-state index is 0.116. The highest BCUT2D eigenvalue weighted by atomic mass is 15.0. The first-order valence-electron chi connectivity index (χ1n) is 5.54. The average molecular weight is 206 g/mol. The second-order valence-corrected chi connectivity index (χ2v) is 5.11. The fourth-order valence-electron chi connectivity index (χ4n) is 2.29. The van der Waals surface area contributed by atoms with Crippen LogP contribution in [0.2, 0.25) is 0 Å². The molecule has 0 aromatic heterocycles. The van der Waals surface area contributed by atoms with Gasteiger partial charge in [0.25, 0.3) is 0 Å². The first-order chi connectivity index (χ1) is 6.80. The zero-order valence-electron chi connectivity index (χ0n) is 10.4. The van der Waals surface area contributed by atoms with Crippen LogP contribution in [0, 0.1) is 23.7 Å². The van der Waals surface area contributed by atoms with Crippen molar-refractivity contribution < 1.29 is 0 Å². The predicted octanol–water partition coefficient (Wildman–Crippen LogP) is 2.22. The molecule has 0 aromatic rings. The molecule has 2 heteroatoms. The molecule has 0 fully saturated rings. The Bertz CT molecular complexity index is 333. The summed E-state index contributed by atoms with van der Waals surface area (Å²) in [5, 5.41) is 3.48. The largest absolute Gasteiger partial charge is 0.400 e. The van der Waals surface area contributed by atoms with Crippen LogP contribution in [-0.4, -0.2) is 5.54 Å². The molecule has 0 bridgehead atoms. The van der Waals surface area contributed by atoms with Crippen LogP contribution in [0.4, 0.5) is 0 Å². The summed E-state index contributed by atoms with van der Waals surface area (Å²) in [6.07, 6.45) is 6.62. The van der Waals surface area contributed by atoms with E-state index in [1.807, 2.05) is 0 Å². The lowest BCUT2D eigenvalue weighted by molar-refractivity contribution is 0.138. The van der Waals surface area contributed by atoms with Crippen LogP contribution in [0.1, 0.15) is 41.0 Å². The lowest BCUT2D eigenvalue weighted by Gasteiger charge is -2.50. The monoisotopic (exact) mass is 206 g/mol. The molecule has 0 aromatic carbocycles. The maximum absolute atomic E-state index is 6.13. The second-order valence-electron chi connectivity index (χ2n) is 5.11. The van der Waals surface area contributed by atoms with Crippen LogP contribution in [-0.2, 0) is 0 Å². The van der Waals surface area contributed by atoms with Gasteiger partial charge in [0.2, 0.25) is 0 Å². The van der Waals surface area contributed by atoms with Crippen LogP contribution in [0.5, 0.6) is 0 Å². The van der Waals surface area contributed by atoms with Crippen LogP contribution < -0.4 is 11.1 Å². The molecule has 15 heavy (non-hydrogen) atoms.